The number of nitrogens with zero attached hydrogens (tertiary/aromatic N) is 1. The maximum atomic E-state index is 4.35. The Kier molecular flexibility index (Phi) is 2.02. The third-order valence-electron chi connectivity index (χ3n) is 3.24. The minimum atomic E-state index is 0.179. The van der Waals surface area contributed by atoms with Crippen LogP contribution in [0.25, 0.3) is 21.9 Å². The third kappa shape index (κ3) is 1.60. The maximum absolute atomic E-state index is 4.35. The molecule has 1 N–H and O–H groups in total. The zero-order valence-electron chi connectivity index (χ0n) is 10.4. The Morgan fingerprint density at radius 3 is 2.65 bits per heavy atom. The average Bonchev–Trinajstić information content (AvgIpc) is 2.65. The van der Waals surface area contributed by atoms with Crippen LogP contribution in [0.15, 0.2) is 36.5 Å². The summed E-state index contributed by atoms with van der Waals surface area (Å²) >= 11 is 0. The lowest BCUT2D eigenvalue weighted by atomic mass is 9.86. The first-order valence-electron chi connectivity index (χ1n) is 5.93. The van der Waals surface area contributed by atoms with Gasteiger partial charge in [-0.2, -0.15) is 0 Å². The van der Waals surface area contributed by atoms with Crippen molar-refractivity contribution in [2.75, 3.05) is 0 Å². The van der Waals surface area contributed by atoms with Crippen molar-refractivity contribution >= 4 is 21.9 Å². The van der Waals surface area contributed by atoms with Gasteiger partial charge in [0.05, 0.1) is 0 Å². The van der Waals surface area contributed by atoms with Crippen molar-refractivity contribution in [1.82, 2.24) is 9.97 Å². The molecule has 0 aliphatic rings. The second-order valence-electron chi connectivity index (χ2n) is 5.53. The number of aromatic amines is 1. The molecule has 0 atom stereocenters. The maximum Gasteiger partial charge on any atom is 0.138 e. The molecule has 0 fully saturated rings. The smallest absolute Gasteiger partial charge is 0.138 e. The van der Waals surface area contributed by atoms with Crippen LogP contribution in [0.1, 0.15) is 26.3 Å². The first kappa shape index (κ1) is 10.3. The van der Waals surface area contributed by atoms with Crippen LogP contribution < -0.4 is 0 Å². The van der Waals surface area contributed by atoms with Gasteiger partial charge >= 0.3 is 0 Å². The van der Waals surface area contributed by atoms with Gasteiger partial charge in [0, 0.05) is 22.5 Å². The zero-order valence-corrected chi connectivity index (χ0v) is 10.4. The SMILES string of the molecule is CC(C)(C)c1ccc2c(c1)[nH]c1ncccc12. The Bertz CT molecular complexity index is 687. The molecule has 0 spiro atoms. The van der Waals surface area contributed by atoms with Gasteiger partial charge in [0.15, 0.2) is 0 Å². The van der Waals surface area contributed by atoms with Crippen molar-refractivity contribution in [1.29, 1.82) is 0 Å². The molecule has 2 aromatic heterocycles. The van der Waals surface area contributed by atoms with E-state index < -0.39 is 0 Å². The van der Waals surface area contributed by atoms with Gasteiger partial charge < -0.3 is 4.98 Å². The number of hydrogen-bond donors (Lipinski definition) is 1. The highest BCUT2D eigenvalue weighted by atomic mass is 14.8. The van der Waals surface area contributed by atoms with Gasteiger partial charge in [-0.15, -0.1) is 0 Å². The molecule has 0 unspecified atom stereocenters. The van der Waals surface area contributed by atoms with Gasteiger partial charge in [-0.25, -0.2) is 4.98 Å². The summed E-state index contributed by atoms with van der Waals surface area (Å²) in [6.45, 7) is 6.69. The zero-order chi connectivity index (χ0) is 12.0. The number of rotatable bonds is 0. The van der Waals surface area contributed by atoms with E-state index in [0.717, 1.165) is 5.65 Å². The van der Waals surface area contributed by atoms with E-state index in [9.17, 15) is 0 Å². The fraction of sp³-hybridized carbons (Fsp3) is 0.267. The molecule has 2 heteroatoms. The van der Waals surface area contributed by atoms with Gasteiger partial charge in [-0.1, -0.05) is 32.9 Å². The molecule has 2 heterocycles. The number of hydrogen-bond acceptors (Lipinski definition) is 1. The van der Waals surface area contributed by atoms with Crippen LogP contribution in [0, 0.1) is 0 Å². The standard InChI is InChI=1S/C15H16N2/c1-15(2,3)10-6-7-11-12-5-4-8-16-14(12)17-13(11)9-10/h4-9H,1-3H3,(H,16,17). The summed E-state index contributed by atoms with van der Waals surface area (Å²) in [6, 6.07) is 10.7. The van der Waals surface area contributed by atoms with Gasteiger partial charge in [-0.3, -0.25) is 0 Å². The number of aromatic nitrogens is 2. The first-order chi connectivity index (χ1) is 8.05. The van der Waals surface area contributed by atoms with Crippen molar-refractivity contribution in [2.45, 2.75) is 26.2 Å². The Morgan fingerprint density at radius 1 is 1.06 bits per heavy atom. The number of benzene rings is 1. The lowest BCUT2D eigenvalue weighted by Gasteiger charge is -2.18. The molecule has 0 amide bonds. The van der Waals surface area contributed by atoms with Crippen LogP contribution in [0.3, 0.4) is 0 Å². The Labute approximate surface area is 101 Å². The van der Waals surface area contributed by atoms with Crippen LogP contribution in [0.5, 0.6) is 0 Å². The molecule has 3 aromatic rings. The van der Waals surface area contributed by atoms with Gasteiger partial charge in [0.1, 0.15) is 5.65 Å². The van der Waals surface area contributed by atoms with Crippen LogP contribution in [0.2, 0.25) is 0 Å². The topological polar surface area (TPSA) is 28.7 Å². The van der Waals surface area contributed by atoms with Crippen molar-refractivity contribution in [2.24, 2.45) is 0 Å². The molecule has 0 bridgehead atoms. The van der Waals surface area contributed by atoms with E-state index >= 15 is 0 Å². The molecular formula is C15H16N2. The van der Waals surface area contributed by atoms with E-state index in [0.29, 0.717) is 0 Å². The number of fused-ring (bicyclic) bond motifs is 3. The first-order valence-corrected chi connectivity index (χ1v) is 5.93. The highest BCUT2D eigenvalue weighted by Gasteiger charge is 2.15. The monoisotopic (exact) mass is 224 g/mol. The molecule has 0 radical (unpaired) electrons. The number of nitrogens with one attached hydrogen (secondary N) is 1. The van der Waals surface area contributed by atoms with Crippen LogP contribution >= 0.6 is 0 Å². The molecule has 0 aliphatic heterocycles. The summed E-state index contributed by atoms with van der Waals surface area (Å²) in [6.07, 6.45) is 1.82. The molecular weight excluding hydrogens is 208 g/mol. The lowest BCUT2D eigenvalue weighted by Crippen LogP contribution is -2.10. The third-order valence-corrected chi connectivity index (χ3v) is 3.24. The summed E-state index contributed by atoms with van der Waals surface area (Å²) in [5, 5.41) is 2.45. The molecule has 0 aliphatic carbocycles. The summed E-state index contributed by atoms with van der Waals surface area (Å²) in [5.41, 5.74) is 3.66. The molecule has 0 saturated heterocycles. The predicted molar refractivity (Wildman–Crippen MR) is 72.3 cm³/mol. The summed E-state index contributed by atoms with van der Waals surface area (Å²) in [5.74, 6) is 0. The van der Waals surface area contributed by atoms with Gasteiger partial charge in [-0.05, 0) is 29.2 Å². The van der Waals surface area contributed by atoms with Crippen molar-refractivity contribution in [3.8, 4) is 0 Å². The summed E-state index contributed by atoms with van der Waals surface area (Å²) in [4.78, 5) is 7.73. The number of pyridine rings is 1. The Morgan fingerprint density at radius 2 is 1.88 bits per heavy atom. The van der Waals surface area contributed by atoms with Gasteiger partial charge in [0.2, 0.25) is 0 Å². The summed E-state index contributed by atoms with van der Waals surface area (Å²) < 4.78 is 0. The average molecular weight is 224 g/mol. The quantitative estimate of drug-likeness (QED) is 0.614. The fourth-order valence-corrected chi connectivity index (χ4v) is 2.20. The molecule has 17 heavy (non-hydrogen) atoms. The van der Waals surface area contributed by atoms with E-state index in [4.69, 9.17) is 0 Å². The van der Waals surface area contributed by atoms with Gasteiger partial charge in [0.25, 0.3) is 0 Å². The van der Waals surface area contributed by atoms with Crippen molar-refractivity contribution in [3.63, 3.8) is 0 Å². The minimum absolute atomic E-state index is 0.179. The van der Waals surface area contributed by atoms with E-state index in [1.54, 1.807) is 0 Å². The molecule has 2 nitrogen and oxygen atoms in total. The van der Waals surface area contributed by atoms with E-state index in [1.807, 2.05) is 12.3 Å². The summed E-state index contributed by atoms with van der Waals surface area (Å²) in [7, 11) is 0. The predicted octanol–water partition coefficient (Wildman–Crippen LogP) is 4.01. The number of H-pyrrole nitrogens is 1. The lowest BCUT2D eigenvalue weighted by molar-refractivity contribution is 0.591. The Hall–Kier alpha value is -1.83. The molecule has 86 valence electrons. The van der Waals surface area contributed by atoms with Crippen molar-refractivity contribution in [3.05, 3.63) is 42.1 Å². The Balaban J connectivity index is 2.34. The van der Waals surface area contributed by atoms with Crippen molar-refractivity contribution < 1.29 is 0 Å². The highest BCUT2D eigenvalue weighted by molar-refractivity contribution is 6.05. The molecule has 1 aromatic carbocycles. The fourth-order valence-electron chi connectivity index (χ4n) is 2.20. The van der Waals surface area contributed by atoms with E-state index in [1.165, 1.54) is 21.9 Å². The van der Waals surface area contributed by atoms with E-state index in [2.05, 4.69) is 55.0 Å². The second-order valence-corrected chi connectivity index (χ2v) is 5.53. The second kappa shape index (κ2) is 3.33. The molecule has 3 rings (SSSR count). The van der Waals surface area contributed by atoms with Crippen LogP contribution in [-0.2, 0) is 5.41 Å². The van der Waals surface area contributed by atoms with E-state index in [-0.39, 0.29) is 5.41 Å². The minimum Gasteiger partial charge on any atom is -0.339 e. The van der Waals surface area contributed by atoms with Crippen LogP contribution in [-0.4, -0.2) is 9.97 Å². The largest absolute Gasteiger partial charge is 0.339 e. The highest BCUT2D eigenvalue weighted by Crippen LogP contribution is 2.29. The molecule has 0 saturated carbocycles. The van der Waals surface area contributed by atoms with Crippen LogP contribution in [0.4, 0.5) is 0 Å². The normalized spacial score (nSPS) is 12.4.